The Labute approximate surface area is 56.5 Å². The smallest absolute Gasteiger partial charge is 0.0423 e. The third kappa shape index (κ3) is 1.48. The van der Waals surface area contributed by atoms with E-state index >= 15 is 0 Å². The van der Waals surface area contributed by atoms with Crippen LogP contribution >= 0.6 is 21.0 Å². The van der Waals surface area contributed by atoms with Crippen LogP contribution in [-0.2, 0) is 0 Å². The second-order valence-electron chi connectivity index (χ2n) is 1.85. The van der Waals surface area contributed by atoms with Gasteiger partial charge in [-0.15, -0.1) is 21.0 Å². The molecule has 46 valence electrons. The Balaban J connectivity index is 2.35. The highest BCUT2D eigenvalue weighted by Gasteiger charge is 2.13. The van der Waals surface area contributed by atoms with E-state index in [4.69, 9.17) is 0 Å². The van der Waals surface area contributed by atoms with Crippen molar-refractivity contribution in [2.24, 2.45) is 0 Å². The van der Waals surface area contributed by atoms with E-state index in [1.807, 2.05) is 11.8 Å². The molecule has 0 aromatic carbocycles. The van der Waals surface area contributed by atoms with E-state index in [2.05, 4.69) is 21.1 Å². The highest BCUT2D eigenvalue weighted by atomic mass is 32.2. The monoisotopic (exact) mass is 147 g/mol. The summed E-state index contributed by atoms with van der Waals surface area (Å²) < 4.78 is 0. The van der Waals surface area contributed by atoms with Crippen LogP contribution in [0.25, 0.3) is 0 Å². The van der Waals surface area contributed by atoms with Crippen molar-refractivity contribution in [2.45, 2.75) is 6.04 Å². The van der Waals surface area contributed by atoms with E-state index in [1.165, 1.54) is 11.1 Å². The van der Waals surface area contributed by atoms with Crippen LogP contribution in [0.3, 0.4) is 0 Å². The minimum Gasteiger partial charge on any atom is -0.300 e. The summed E-state index contributed by atoms with van der Waals surface area (Å²) in [4.78, 5) is 0. The third-order valence-corrected chi connectivity index (χ3v) is 2.51. The van der Waals surface area contributed by atoms with Crippen molar-refractivity contribution >= 4 is 21.0 Å². The molecule has 1 fully saturated rings. The molecule has 1 aliphatic heterocycles. The Morgan fingerprint density at radius 1 is 1.88 bits per heavy atom. The molecule has 0 amide bonds. The van der Waals surface area contributed by atoms with Crippen LogP contribution in [0.2, 0.25) is 0 Å². The van der Waals surface area contributed by atoms with Gasteiger partial charge in [0, 0.05) is 17.7 Å². The van der Waals surface area contributed by atoms with E-state index in [-0.39, 0.29) is 0 Å². The number of thioether (sulfide) groups is 1. The molecule has 0 spiro atoms. The van der Waals surface area contributed by atoms with Gasteiger partial charge in [-0.2, -0.15) is 0 Å². The summed E-state index contributed by atoms with van der Waals surface area (Å²) in [5, 5.41) is 4.47. The van der Waals surface area contributed by atoms with Crippen molar-refractivity contribution in [3.05, 3.63) is 11.9 Å². The first kappa shape index (κ1) is 6.60. The van der Waals surface area contributed by atoms with Gasteiger partial charge in [-0.25, -0.2) is 0 Å². The lowest BCUT2D eigenvalue weighted by Gasteiger charge is -2.05. The van der Waals surface area contributed by atoms with Gasteiger partial charge >= 0.3 is 0 Å². The van der Waals surface area contributed by atoms with Crippen molar-refractivity contribution in [3.8, 4) is 0 Å². The van der Waals surface area contributed by atoms with Gasteiger partial charge in [-0.3, -0.25) is 0 Å². The molecule has 0 bridgehead atoms. The Bertz CT molecular complexity index is 98.6. The van der Waals surface area contributed by atoms with Crippen LogP contribution < -0.4 is 5.32 Å². The molecule has 1 heterocycles. The lowest BCUT2D eigenvalue weighted by atomic mass is 10.3. The minimum atomic E-state index is 0.546. The van der Waals surface area contributed by atoms with Crippen LogP contribution in [0.4, 0.5) is 0 Å². The second-order valence-corrected chi connectivity index (χ2v) is 3.62. The Morgan fingerprint density at radius 3 is 2.88 bits per heavy atom. The molecule has 3 heteroatoms. The summed E-state index contributed by atoms with van der Waals surface area (Å²) >= 11 is 1.93. The van der Waals surface area contributed by atoms with Gasteiger partial charge in [0.25, 0.3) is 0 Å². The molecule has 0 aromatic heterocycles. The van der Waals surface area contributed by atoms with Crippen LogP contribution in [0.15, 0.2) is 11.9 Å². The second kappa shape index (κ2) is 2.86. The molecule has 1 nitrogen and oxygen atoms in total. The quantitative estimate of drug-likeness (QED) is 0.556. The molecule has 1 aliphatic rings. The van der Waals surface area contributed by atoms with Gasteiger partial charge in [-0.05, 0) is 5.31 Å². The van der Waals surface area contributed by atoms with Gasteiger partial charge in [0.05, 0.1) is 0 Å². The predicted molar refractivity (Wildman–Crippen MR) is 43.1 cm³/mol. The Hall–Kier alpha value is 0.480. The number of rotatable bonds is 1. The van der Waals surface area contributed by atoms with Crippen molar-refractivity contribution in [1.82, 2.24) is 5.32 Å². The molecular weight excluding hydrogens is 137 g/mol. The Morgan fingerprint density at radius 2 is 2.62 bits per heavy atom. The van der Waals surface area contributed by atoms with Gasteiger partial charge < -0.3 is 5.32 Å². The fourth-order valence-electron chi connectivity index (χ4n) is 0.633. The molecule has 1 N–H and O–H groups in total. The maximum atomic E-state index is 3.82. The fourth-order valence-corrected chi connectivity index (χ4v) is 2.04. The molecule has 8 heavy (non-hydrogen) atoms. The normalized spacial score (nSPS) is 28.4. The third-order valence-electron chi connectivity index (χ3n) is 1.16. The lowest BCUT2D eigenvalue weighted by molar-refractivity contribution is 0.746. The van der Waals surface area contributed by atoms with Gasteiger partial charge in [-0.1, -0.05) is 6.58 Å². The summed E-state index contributed by atoms with van der Waals surface area (Å²) in [6.07, 6.45) is 0. The summed E-state index contributed by atoms with van der Waals surface area (Å²) in [5.74, 6) is 2.26. The number of nitrogens with one attached hydrogen (secondary N) is 1. The van der Waals surface area contributed by atoms with Gasteiger partial charge in [0.15, 0.2) is 0 Å². The zero-order valence-electron chi connectivity index (χ0n) is 4.68. The molecule has 0 aromatic rings. The van der Waals surface area contributed by atoms with Crippen molar-refractivity contribution in [3.63, 3.8) is 0 Å². The van der Waals surface area contributed by atoms with E-state index in [1.54, 1.807) is 0 Å². The van der Waals surface area contributed by atoms with Crippen molar-refractivity contribution in [2.75, 3.05) is 11.6 Å². The summed E-state index contributed by atoms with van der Waals surface area (Å²) in [6.45, 7) is 3.82. The van der Waals surface area contributed by atoms with Crippen LogP contribution in [0, 0.1) is 0 Å². The van der Waals surface area contributed by atoms with Crippen LogP contribution in [-0.4, -0.2) is 17.7 Å². The summed E-state index contributed by atoms with van der Waals surface area (Å²) in [5.41, 5.74) is 0. The van der Waals surface area contributed by atoms with Gasteiger partial charge in [0.1, 0.15) is 0 Å². The van der Waals surface area contributed by atoms with E-state index in [0.29, 0.717) is 6.04 Å². The zero-order chi connectivity index (χ0) is 5.98. The molecule has 1 rings (SSSR count). The topological polar surface area (TPSA) is 12.0 Å². The lowest BCUT2D eigenvalue weighted by Crippen LogP contribution is -2.22. The molecule has 0 radical (unpaired) electrons. The zero-order valence-corrected chi connectivity index (χ0v) is 6.66. The molecule has 0 aliphatic carbocycles. The fraction of sp³-hybridized carbons (Fsp3) is 0.600. The first-order valence-corrected chi connectivity index (χ1v) is 4.29. The van der Waals surface area contributed by atoms with Crippen molar-refractivity contribution in [1.29, 1.82) is 0 Å². The first-order chi connectivity index (χ1) is 3.80. The minimum absolute atomic E-state index is 0.546. The van der Waals surface area contributed by atoms with E-state index < -0.39 is 0 Å². The SMILES string of the molecule is C=C(P)C1CSCN1. The molecule has 2 atom stereocenters. The van der Waals surface area contributed by atoms with E-state index in [9.17, 15) is 0 Å². The largest absolute Gasteiger partial charge is 0.300 e. The highest BCUT2D eigenvalue weighted by molar-refractivity contribution is 7.99. The highest BCUT2D eigenvalue weighted by Crippen LogP contribution is 2.18. The Kier molecular flexibility index (Phi) is 2.36. The number of hydrogen-bond acceptors (Lipinski definition) is 2. The van der Waals surface area contributed by atoms with Crippen LogP contribution in [0.1, 0.15) is 0 Å². The molecular formula is C5H10NPS. The van der Waals surface area contributed by atoms with Crippen LogP contribution in [0.5, 0.6) is 0 Å². The van der Waals surface area contributed by atoms with Crippen molar-refractivity contribution < 1.29 is 0 Å². The maximum Gasteiger partial charge on any atom is 0.0423 e. The average Bonchev–Trinajstić information content (AvgIpc) is 2.12. The first-order valence-electron chi connectivity index (χ1n) is 2.56. The maximum absolute atomic E-state index is 3.82. The molecule has 2 unspecified atom stereocenters. The summed E-state index contributed by atoms with van der Waals surface area (Å²) in [7, 11) is 2.63. The van der Waals surface area contributed by atoms with E-state index in [0.717, 1.165) is 5.88 Å². The summed E-state index contributed by atoms with van der Waals surface area (Å²) in [6, 6.07) is 0.546. The molecule has 1 saturated heterocycles. The standard InChI is InChI=1S/C5H10NPS/c1-4(7)5-2-8-3-6-5/h5-6H,1-3,7H2. The number of hydrogen-bond donors (Lipinski definition) is 1. The van der Waals surface area contributed by atoms with Gasteiger partial charge in [0.2, 0.25) is 0 Å². The average molecular weight is 147 g/mol. The predicted octanol–water partition coefficient (Wildman–Crippen LogP) is 1.04. The molecule has 0 saturated carbocycles.